The van der Waals surface area contributed by atoms with Crippen molar-refractivity contribution in [3.63, 3.8) is 0 Å². The molecule has 0 bridgehead atoms. The van der Waals surface area contributed by atoms with E-state index in [1.807, 2.05) is 60.1 Å². The highest BCUT2D eigenvalue weighted by atomic mass is 32.2. The topological polar surface area (TPSA) is 93.5 Å². The maximum Gasteiger partial charge on any atom is 0.242 e. The van der Waals surface area contributed by atoms with Crippen LogP contribution in [0.25, 0.3) is 11.0 Å². The molecular weight excluding hydrogens is 464 g/mol. The van der Waals surface area contributed by atoms with Gasteiger partial charge in [-0.25, -0.2) is 17.7 Å². The number of aryl methyl sites for hydroxylation is 2. The minimum absolute atomic E-state index is 0.107. The Balaban J connectivity index is 1.35. The first-order chi connectivity index (χ1) is 16.8. The Bertz CT molecular complexity index is 1500. The number of fused-ring (bicyclic) bond motifs is 3. The third-order valence-corrected chi connectivity index (χ3v) is 8.10. The van der Waals surface area contributed by atoms with Gasteiger partial charge in [0.15, 0.2) is 0 Å². The van der Waals surface area contributed by atoms with Gasteiger partial charge in [-0.2, -0.15) is 0 Å². The van der Waals surface area contributed by atoms with Crippen LogP contribution >= 0.6 is 0 Å². The largest absolute Gasteiger partial charge is 0.457 e. The molecule has 1 aliphatic rings. The zero-order valence-corrected chi connectivity index (χ0v) is 20.5. The summed E-state index contributed by atoms with van der Waals surface area (Å²) in [7, 11) is 1.31. The van der Waals surface area contributed by atoms with Gasteiger partial charge >= 0.3 is 0 Å². The van der Waals surface area contributed by atoms with Gasteiger partial charge in [-0.1, -0.05) is 36.4 Å². The summed E-state index contributed by atoms with van der Waals surface area (Å²) in [5.41, 5.74) is 3.22. The Kier molecular flexibility index (Phi) is 5.82. The standard InChI is InChI=1S/C26H26N4O4S/c1-29(2)35(32,33)17-12-13-21-20(16-17)27-24(30(21)3)14-15-25(31)28-26-18-8-4-6-10-22(18)34-23-11-7-5-9-19(23)26/h4-13,16,26H,14-15H2,1-3H3,(H,28,31). The molecule has 4 aromatic rings. The van der Waals surface area contributed by atoms with Gasteiger partial charge in [0.05, 0.1) is 22.0 Å². The highest BCUT2D eigenvalue weighted by Gasteiger charge is 2.28. The minimum atomic E-state index is -3.55. The number of nitrogens with one attached hydrogen (secondary N) is 1. The van der Waals surface area contributed by atoms with Gasteiger partial charge in [0, 0.05) is 45.1 Å². The van der Waals surface area contributed by atoms with Crippen molar-refractivity contribution in [1.29, 1.82) is 0 Å². The summed E-state index contributed by atoms with van der Waals surface area (Å²) >= 11 is 0. The molecule has 5 rings (SSSR count). The molecule has 3 aromatic carbocycles. The second-order valence-electron chi connectivity index (χ2n) is 8.70. The number of carbonyl (C=O) groups excluding carboxylic acids is 1. The number of ether oxygens (including phenoxy) is 1. The molecule has 0 saturated heterocycles. The van der Waals surface area contributed by atoms with Gasteiger partial charge in [-0.15, -0.1) is 0 Å². The predicted molar refractivity (Wildman–Crippen MR) is 133 cm³/mol. The molecule has 2 heterocycles. The number of hydrogen-bond donors (Lipinski definition) is 1. The van der Waals surface area contributed by atoms with E-state index in [2.05, 4.69) is 10.3 Å². The lowest BCUT2D eigenvalue weighted by Gasteiger charge is -2.28. The summed E-state index contributed by atoms with van der Waals surface area (Å²) in [6.07, 6.45) is 0.654. The number of para-hydroxylation sites is 2. The lowest BCUT2D eigenvalue weighted by molar-refractivity contribution is -0.121. The van der Waals surface area contributed by atoms with E-state index in [-0.39, 0.29) is 23.3 Å². The predicted octanol–water partition coefficient (Wildman–Crippen LogP) is 3.77. The number of rotatable bonds is 6. The first-order valence-electron chi connectivity index (χ1n) is 11.3. The second-order valence-corrected chi connectivity index (χ2v) is 10.9. The van der Waals surface area contributed by atoms with Crippen molar-refractivity contribution in [2.45, 2.75) is 23.8 Å². The zero-order valence-electron chi connectivity index (χ0n) is 19.7. The molecule has 1 N–H and O–H groups in total. The average molecular weight is 491 g/mol. The monoisotopic (exact) mass is 490 g/mol. The number of benzene rings is 3. The van der Waals surface area contributed by atoms with E-state index < -0.39 is 10.0 Å². The molecule has 1 amide bonds. The van der Waals surface area contributed by atoms with Gasteiger partial charge in [-0.3, -0.25) is 4.79 Å². The zero-order chi connectivity index (χ0) is 24.7. The van der Waals surface area contributed by atoms with E-state index in [1.165, 1.54) is 18.4 Å². The van der Waals surface area contributed by atoms with Crippen LogP contribution < -0.4 is 10.1 Å². The van der Waals surface area contributed by atoms with Crippen molar-refractivity contribution >= 4 is 27.0 Å². The van der Waals surface area contributed by atoms with Crippen molar-refractivity contribution in [3.05, 3.63) is 83.7 Å². The van der Waals surface area contributed by atoms with Crippen LogP contribution in [-0.2, 0) is 28.3 Å². The van der Waals surface area contributed by atoms with Crippen LogP contribution in [0.4, 0.5) is 0 Å². The number of imidazole rings is 1. The molecule has 0 aliphatic carbocycles. The third kappa shape index (κ3) is 4.17. The summed E-state index contributed by atoms with van der Waals surface area (Å²) in [5, 5.41) is 3.16. The summed E-state index contributed by atoms with van der Waals surface area (Å²) in [6.45, 7) is 0. The van der Waals surface area contributed by atoms with E-state index in [1.54, 1.807) is 18.2 Å². The van der Waals surface area contributed by atoms with Crippen LogP contribution in [0.15, 0.2) is 71.6 Å². The Hall–Kier alpha value is -3.69. The highest BCUT2D eigenvalue weighted by molar-refractivity contribution is 7.89. The third-order valence-electron chi connectivity index (χ3n) is 6.28. The molecule has 0 unspecified atom stereocenters. The van der Waals surface area contributed by atoms with Crippen LogP contribution in [0.2, 0.25) is 0 Å². The summed E-state index contributed by atoms with van der Waals surface area (Å²) in [5.74, 6) is 2.07. The maximum absolute atomic E-state index is 13.0. The lowest BCUT2D eigenvalue weighted by atomic mass is 9.94. The highest BCUT2D eigenvalue weighted by Crippen LogP contribution is 2.42. The van der Waals surface area contributed by atoms with Gasteiger partial charge in [0.1, 0.15) is 17.3 Å². The molecule has 0 fully saturated rings. The fourth-order valence-electron chi connectivity index (χ4n) is 4.35. The SMILES string of the molecule is CN(C)S(=O)(=O)c1ccc2c(c1)nc(CCC(=O)NC1c3ccccc3Oc3ccccc31)n2C. The number of hydrogen-bond acceptors (Lipinski definition) is 5. The number of amides is 1. The number of aromatic nitrogens is 2. The molecule has 0 radical (unpaired) electrons. The van der Waals surface area contributed by atoms with Gasteiger partial charge in [0.25, 0.3) is 0 Å². The van der Waals surface area contributed by atoms with E-state index in [0.29, 0.717) is 17.8 Å². The molecule has 8 nitrogen and oxygen atoms in total. The number of carbonyl (C=O) groups is 1. The maximum atomic E-state index is 13.0. The Morgan fingerprint density at radius 3 is 2.29 bits per heavy atom. The van der Waals surface area contributed by atoms with E-state index in [9.17, 15) is 13.2 Å². The smallest absolute Gasteiger partial charge is 0.242 e. The molecule has 9 heteroatoms. The molecule has 1 aromatic heterocycles. The van der Waals surface area contributed by atoms with Crippen molar-refractivity contribution in [2.75, 3.05) is 14.1 Å². The van der Waals surface area contributed by atoms with Crippen LogP contribution in [0.1, 0.15) is 29.4 Å². The van der Waals surface area contributed by atoms with Gasteiger partial charge < -0.3 is 14.6 Å². The molecular formula is C26H26N4O4S. The first-order valence-corrected chi connectivity index (χ1v) is 12.7. The second kappa shape index (κ2) is 8.83. The van der Waals surface area contributed by atoms with Crippen LogP contribution in [0.5, 0.6) is 11.5 Å². The Morgan fingerprint density at radius 2 is 1.66 bits per heavy atom. The molecule has 0 saturated carbocycles. The number of nitrogens with zero attached hydrogens (tertiary/aromatic N) is 3. The van der Waals surface area contributed by atoms with Gasteiger partial charge in [0.2, 0.25) is 15.9 Å². The fourth-order valence-corrected chi connectivity index (χ4v) is 5.27. The first kappa shape index (κ1) is 23.1. The fraction of sp³-hybridized carbons (Fsp3) is 0.231. The number of sulfonamides is 1. The summed E-state index contributed by atoms with van der Waals surface area (Å²) in [6, 6.07) is 20.0. The van der Waals surface area contributed by atoms with Crippen LogP contribution in [-0.4, -0.2) is 42.3 Å². The molecule has 0 spiro atoms. The van der Waals surface area contributed by atoms with Crippen LogP contribution in [0, 0.1) is 0 Å². The van der Waals surface area contributed by atoms with E-state index in [4.69, 9.17) is 4.74 Å². The summed E-state index contributed by atoms with van der Waals surface area (Å²) < 4.78 is 34.0. The van der Waals surface area contributed by atoms with Crippen molar-refractivity contribution in [3.8, 4) is 11.5 Å². The van der Waals surface area contributed by atoms with E-state index in [0.717, 1.165) is 28.1 Å². The normalized spacial score (nSPS) is 13.4. The van der Waals surface area contributed by atoms with Crippen LogP contribution in [0.3, 0.4) is 0 Å². The van der Waals surface area contributed by atoms with E-state index >= 15 is 0 Å². The lowest BCUT2D eigenvalue weighted by Crippen LogP contribution is -2.31. The molecule has 180 valence electrons. The van der Waals surface area contributed by atoms with Crippen molar-refractivity contribution < 1.29 is 17.9 Å². The average Bonchev–Trinajstić information content (AvgIpc) is 3.17. The molecule has 35 heavy (non-hydrogen) atoms. The van der Waals surface area contributed by atoms with Crippen molar-refractivity contribution in [1.82, 2.24) is 19.2 Å². The quantitative estimate of drug-likeness (QED) is 0.444. The summed E-state index contributed by atoms with van der Waals surface area (Å²) in [4.78, 5) is 17.8. The van der Waals surface area contributed by atoms with Crippen molar-refractivity contribution in [2.24, 2.45) is 7.05 Å². The Morgan fingerprint density at radius 1 is 1.03 bits per heavy atom. The van der Waals surface area contributed by atoms with Gasteiger partial charge in [-0.05, 0) is 30.3 Å². The minimum Gasteiger partial charge on any atom is -0.457 e. The Labute approximate surface area is 204 Å². The molecule has 0 atom stereocenters. The molecule has 1 aliphatic heterocycles.